The molecule has 0 saturated heterocycles. The van der Waals surface area contributed by atoms with Gasteiger partial charge < -0.3 is 15.0 Å². The van der Waals surface area contributed by atoms with Crippen LogP contribution < -0.4 is 10.5 Å². The lowest BCUT2D eigenvalue weighted by atomic mass is 10.1. The van der Waals surface area contributed by atoms with Crippen molar-refractivity contribution in [3.63, 3.8) is 0 Å². The molecule has 5 nitrogen and oxygen atoms in total. The minimum absolute atomic E-state index is 0.154. The molecule has 0 heterocycles. The van der Waals surface area contributed by atoms with Crippen LogP contribution in [0.1, 0.15) is 5.56 Å². The first-order chi connectivity index (χ1) is 6.58. The van der Waals surface area contributed by atoms with Gasteiger partial charge in [-0.15, -0.1) is 0 Å². The molecular formula is C8H9N2O3S-. The van der Waals surface area contributed by atoms with E-state index >= 15 is 0 Å². The predicted octanol–water partition coefficient (Wildman–Crippen LogP) is -0.0796. The summed E-state index contributed by atoms with van der Waals surface area (Å²) >= 11 is -2.33. The van der Waals surface area contributed by atoms with Crippen LogP contribution in [0.15, 0.2) is 24.3 Å². The Bertz CT molecular complexity index is 315. The SMILES string of the molecule is NC(=O)Cc1ccc(NS(=O)[O-])cc1. The number of primary amides is 1. The summed E-state index contributed by atoms with van der Waals surface area (Å²) in [5.41, 5.74) is 6.19. The Kier molecular flexibility index (Phi) is 3.61. The predicted molar refractivity (Wildman–Crippen MR) is 51.9 cm³/mol. The second kappa shape index (κ2) is 4.73. The number of hydrogen-bond donors (Lipinski definition) is 2. The van der Waals surface area contributed by atoms with E-state index in [1.54, 1.807) is 24.3 Å². The lowest BCUT2D eigenvalue weighted by Gasteiger charge is -2.08. The maximum absolute atomic E-state index is 10.5. The molecule has 0 aliphatic carbocycles. The highest BCUT2D eigenvalue weighted by Crippen LogP contribution is 2.09. The van der Waals surface area contributed by atoms with E-state index in [9.17, 15) is 13.6 Å². The monoisotopic (exact) mass is 213 g/mol. The average Bonchev–Trinajstić information content (AvgIpc) is 2.06. The summed E-state index contributed by atoms with van der Waals surface area (Å²) < 4.78 is 22.7. The zero-order valence-corrected chi connectivity index (χ0v) is 8.04. The van der Waals surface area contributed by atoms with E-state index in [0.29, 0.717) is 5.69 Å². The third-order valence-electron chi connectivity index (χ3n) is 1.53. The molecule has 1 atom stereocenters. The van der Waals surface area contributed by atoms with Crippen molar-refractivity contribution in [1.29, 1.82) is 0 Å². The Hall–Kier alpha value is -1.40. The van der Waals surface area contributed by atoms with Gasteiger partial charge in [0, 0.05) is 17.0 Å². The number of carbonyl (C=O) groups excluding carboxylic acids is 1. The second-order valence-electron chi connectivity index (χ2n) is 2.68. The van der Waals surface area contributed by atoms with Gasteiger partial charge in [-0.05, 0) is 17.7 Å². The molecule has 0 aliphatic heterocycles. The van der Waals surface area contributed by atoms with Crippen molar-refractivity contribution in [3.05, 3.63) is 29.8 Å². The van der Waals surface area contributed by atoms with E-state index in [1.807, 2.05) is 0 Å². The van der Waals surface area contributed by atoms with E-state index in [4.69, 9.17) is 5.73 Å². The molecular weight excluding hydrogens is 204 g/mol. The Balaban J connectivity index is 2.68. The van der Waals surface area contributed by atoms with Gasteiger partial charge in [0.15, 0.2) is 0 Å². The van der Waals surface area contributed by atoms with E-state index in [-0.39, 0.29) is 6.42 Å². The molecule has 3 N–H and O–H groups in total. The summed E-state index contributed by atoms with van der Waals surface area (Å²) in [5.74, 6) is -0.418. The molecule has 1 unspecified atom stereocenters. The number of rotatable bonds is 4. The van der Waals surface area contributed by atoms with E-state index in [0.717, 1.165) is 5.56 Å². The van der Waals surface area contributed by atoms with Gasteiger partial charge >= 0.3 is 0 Å². The standard InChI is InChI=1S/C8H10N2O3S/c9-8(11)5-6-1-3-7(4-2-6)10-14(12)13/h1-4,10H,5H2,(H2,9,11)(H,12,13)/p-1. The van der Waals surface area contributed by atoms with Crippen molar-refractivity contribution in [3.8, 4) is 0 Å². The lowest BCUT2D eigenvalue weighted by molar-refractivity contribution is -0.117. The Labute approximate surface area is 83.7 Å². The molecule has 0 aromatic heterocycles. The third-order valence-corrected chi connectivity index (χ3v) is 1.94. The molecule has 0 aliphatic rings. The molecule has 1 rings (SSSR count). The van der Waals surface area contributed by atoms with Crippen molar-refractivity contribution in [2.24, 2.45) is 5.73 Å². The molecule has 0 saturated carbocycles. The fourth-order valence-corrected chi connectivity index (χ4v) is 1.32. The molecule has 0 fully saturated rings. The third kappa shape index (κ3) is 3.55. The molecule has 0 spiro atoms. The van der Waals surface area contributed by atoms with Crippen LogP contribution in [-0.4, -0.2) is 14.7 Å². The summed E-state index contributed by atoms with van der Waals surface area (Å²) in [6, 6.07) is 6.40. The zero-order valence-electron chi connectivity index (χ0n) is 7.23. The maximum Gasteiger partial charge on any atom is 0.221 e. The maximum atomic E-state index is 10.5. The van der Waals surface area contributed by atoms with Crippen LogP contribution in [0.3, 0.4) is 0 Å². The van der Waals surface area contributed by atoms with Crippen molar-refractivity contribution < 1.29 is 13.6 Å². The van der Waals surface area contributed by atoms with E-state index in [2.05, 4.69) is 4.72 Å². The fourth-order valence-electron chi connectivity index (χ4n) is 0.988. The smallest absolute Gasteiger partial charge is 0.221 e. The molecule has 0 radical (unpaired) electrons. The van der Waals surface area contributed by atoms with Gasteiger partial charge in [0.2, 0.25) is 5.91 Å². The van der Waals surface area contributed by atoms with Gasteiger partial charge in [-0.3, -0.25) is 9.00 Å². The molecule has 14 heavy (non-hydrogen) atoms. The average molecular weight is 213 g/mol. The Morgan fingerprint density at radius 2 is 2.00 bits per heavy atom. The highest BCUT2D eigenvalue weighted by molar-refractivity contribution is 7.80. The number of amides is 1. The van der Waals surface area contributed by atoms with Crippen molar-refractivity contribution in [2.45, 2.75) is 6.42 Å². The first-order valence-electron chi connectivity index (χ1n) is 3.81. The number of hydrogen-bond acceptors (Lipinski definition) is 3. The summed E-state index contributed by atoms with van der Waals surface area (Å²) in [7, 11) is 0. The molecule has 1 aromatic carbocycles. The minimum Gasteiger partial charge on any atom is -0.755 e. The van der Waals surface area contributed by atoms with Crippen LogP contribution in [-0.2, 0) is 22.5 Å². The van der Waals surface area contributed by atoms with Crippen LogP contribution >= 0.6 is 0 Å². The van der Waals surface area contributed by atoms with Crippen LogP contribution in [0.2, 0.25) is 0 Å². The quantitative estimate of drug-likeness (QED) is 0.685. The second-order valence-corrected chi connectivity index (χ2v) is 3.35. The van der Waals surface area contributed by atoms with Gasteiger partial charge in [-0.2, -0.15) is 0 Å². The van der Waals surface area contributed by atoms with Crippen LogP contribution in [0, 0.1) is 0 Å². The van der Waals surface area contributed by atoms with Gasteiger partial charge in [0.25, 0.3) is 0 Å². The molecule has 1 aromatic rings. The number of anilines is 1. The molecule has 0 bridgehead atoms. The molecule has 76 valence electrons. The topological polar surface area (TPSA) is 95.2 Å². The van der Waals surface area contributed by atoms with Crippen molar-refractivity contribution >= 4 is 22.9 Å². The number of nitrogens with one attached hydrogen (secondary N) is 1. The van der Waals surface area contributed by atoms with E-state index < -0.39 is 17.2 Å². The minimum atomic E-state index is -2.33. The van der Waals surface area contributed by atoms with Gasteiger partial charge in [0.05, 0.1) is 6.42 Å². The van der Waals surface area contributed by atoms with Crippen molar-refractivity contribution in [2.75, 3.05) is 4.72 Å². The zero-order chi connectivity index (χ0) is 10.6. The largest absolute Gasteiger partial charge is 0.755 e. The number of carbonyl (C=O) groups is 1. The lowest BCUT2D eigenvalue weighted by Crippen LogP contribution is -2.13. The molecule has 1 amide bonds. The highest BCUT2D eigenvalue weighted by Gasteiger charge is 1.97. The van der Waals surface area contributed by atoms with Crippen LogP contribution in [0.25, 0.3) is 0 Å². The van der Waals surface area contributed by atoms with Crippen molar-refractivity contribution in [1.82, 2.24) is 0 Å². The van der Waals surface area contributed by atoms with Crippen LogP contribution in [0.4, 0.5) is 5.69 Å². The highest BCUT2D eigenvalue weighted by atomic mass is 32.2. The van der Waals surface area contributed by atoms with Gasteiger partial charge in [-0.25, -0.2) is 0 Å². The van der Waals surface area contributed by atoms with Gasteiger partial charge in [0.1, 0.15) is 0 Å². The van der Waals surface area contributed by atoms with Gasteiger partial charge in [-0.1, -0.05) is 12.1 Å². The number of nitrogens with two attached hydrogens (primary N) is 1. The van der Waals surface area contributed by atoms with Crippen LogP contribution in [0.5, 0.6) is 0 Å². The fraction of sp³-hybridized carbons (Fsp3) is 0.125. The summed E-state index contributed by atoms with van der Waals surface area (Å²) in [6.45, 7) is 0. The molecule has 6 heteroatoms. The van der Waals surface area contributed by atoms with E-state index in [1.165, 1.54) is 0 Å². The summed E-state index contributed by atoms with van der Waals surface area (Å²) in [6.07, 6.45) is 0.154. The Morgan fingerprint density at radius 1 is 1.43 bits per heavy atom. The Morgan fingerprint density at radius 3 is 2.43 bits per heavy atom. The first-order valence-corrected chi connectivity index (χ1v) is 4.88. The first kappa shape index (κ1) is 10.7. The summed E-state index contributed by atoms with van der Waals surface area (Å²) in [4.78, 5) is 10.5. The normalized spacial score (nSPS) is 12.1. The number of benzene rings is 1. The summed E-state index contributed by atoms with van der Waals surface area (Å²) in [5, 5.41) is 0.